The summed E-state index contributed by atoms with van der Waals surface area (Å²) in [7, 11) is 0. The molecule has 0 unspecified atom stereocenters. The van der Waals surface area contributed by atoms with Crippen LogP contribution in [0.2, 0.25) is 0 Å². The van der Waals surface area contributed by atoms with Crippen molar-refractivity contribution in [2.24, 2.45) is 0 Å². The number of likely N-dealkylation sites (tertiary alicyclic amines) is 1. The van der Waals surface area contributed by atoms with Gasteiger partial charge in [-0.1, -0.05) is 18.9 Å². The third kappa shape index (κ3) is 3.81. The second kappa shape index (κ2) is 6.48. The standard InChI is InChI=1S/C13H21N3/c1-2-6-11-16(10-5-1)12-9-15-13-7-3-4-8-14-13/h3-4,7-8H,1-2,5-6,9-12H2,(H,14,15). The number of hydrogen-bond donors (Lipinski definition) is 1. The number of pyridine rings is 1. The highest BCUT2D eigenvalue weighted by atomic mass is 15.1. The Balaban J connectivity index is 1.67. The molecule has 0 bridgehead atoms. The summed E-state index contributed by atoms with van der Waals surface area (Å²) in [5.41, 5.74) is 0. The molecule has 0 aromatic carbocycles. The van der Waals surface area contributed by atoms with Gasteiger partial charge in [0.25, 0.3) is 0 Å². The summed E-state index contributed by atoms with van der Waals surface area (Å²) in [6.07, 6.45) is 7.37. The molecule has 1 aliphatic heterocycles. The van der Waals surface area contributed by atoms with Crippen molar-refractivity contribution in [3.05, 3.63) is 24.4 Å². The van der Waals surface area contributed by atoms with Gasteiger partial charge in [0, 0.05) is 19.3 Å². The Bertz CT molecular complexity index is 278. The molecule has 1 N–H and O–H groups in total. The summed E-state index contributed by atoms with van der Waals surface area (Å²) in [5.74, 6) is 0.984. The Morgan fingerprint density at radius 1 is 1.12 bits per heavy atom. The van der Waals surface area contributed by atoms with Gasteiger partial charge in [-0.2, -0.15) is 0 Å². The zero-order valence-electron chi connectivity index (χ0n) is 9.86. The van der Waals surface area contributed by atoms with E-state index in [0.29, 0.717) is 0 Å². The van der Waals surface area contributed by atoms with Crippen molar-refractivity contribution in [1.82, 2.24) is 9.88 Å². The van der Waals surface area contributed by atoms with Gasteiger partial charge in [0.2, 0.25) is 0 Å². The number of nitrogens with one attached hydrogen (secondary N) is 1. The normalized spacial score (nSPS) is 18.0. The van der Waals surface area contributed by atoms with Crippen LogP contribution >= 0.6 is 0 Å². The predicted octanol–water partition coefficient (Wildman–Crippen LogP) is 2.37. The molecule has 0 spiro atoms. The van der Waals surface area contributed by atoms with Crippen LogP contribution < -0.4 is 5.32 Å². The van der Waals surface area contributed by atoms with Crippen LogP contribution in [0.4, 0.5) is 5.82 Å². The average molecular weight is 219 g/mol. The van der Waals surface area contributed by atoms with Gasteiger partial charge in [-0.25, -0.2) is 4.98 Å². The van der Waals surface area contributed by atoms with Gasteiger partial charge in [-0.05, 0) is 38.1 Å². The van der Waals surface area contributed by atoms with Crippen LogP contribution in [0, 0.1) is 0 Å². The second-order valence-electron chi connectivity index (χ2n) is 4.40. The summed E-state index contributed by atoms with van der Waals surface area (Å²) in [5, 5.41) is 3.36. The third-order valence-corrected chi connectivity index (χ3v) is 3.10. The molecule has 1 saturated heterocycles. The van der Waals surface area contributed by atoms with Crippen molar-refractivity contribution in [3.63, 3.8) is 0 Å². The smallest absolute Gasteiger partial charge is 0.125 e. The highest BCUT2D eigenvalue weighted by Crippen LogP contribution is 2.09. The lowest BCUT2D eigenvalue weighted by atomic mass is 10.2. The zero-order valence-corrected chi connectivity index (χ0v) is 9.86. The molecule has 3 heteroatoms. The van der Waals surface area contributed by atoms with E-state index >= 15 is 0 Å². The molecule has 3 nitrogen and oxygen atoms in total. The number of nitrogens with zero attached hydrogens (tertiary/aromatic N) is 2. The van der Waals surface area contributed by atoms with Gasteiger partial charge in [-0.3, -0.25) is 0 Å². The van der Waals surface area contributed by atoms with Crippen LogP contribution in [-0.2, 0) is 0 Å². The number of hydrogen-bond acceptors (Lipinski definition) is 3. The van der Waals surface area contributed by atoms with Crippen molar-refractivity contribution in [2.75, 3.05) is 31.5 Å². The molecule has 1 aliphatic rings. The van der Waals surface area contributed by atoms with Crippen molar-refractivity contribution < 1.29 is 0 Å². The summed E-state index contributed by atoms with van der Waals surface area (Å²) in [6, 6.07) is 5.98. The Kier molecular flexibility index (Phi) is 4.62. The lowest BCUT2D eigenvalue weighted by Crippen LogP contribution is -2.30. The van der Waals surface area contributed by atoms with Crippen LogP contribution in [0.25, 0.3) is 0 Å². The van der Waals surface area contributed by atoms with Crippen LogP contribution in [0.15, 0.2) is 24.4 Å². The Morgan fingerprint density at radius 3 is 2.62 bits per heavy atom. The van der Waals surface area contributed by atoms with E-state index in [-0.39, 0.29) is 0 Å². The minimum Gasteiger partial charge on any atom is -0.369 e. The maximum absolute atomic E-state index is 4.25. The van der Waals surface area contributed by atoms with Crippen LogP contribution in [0.5, 0.6) is 0 Å². The largest absolute Gasteiger partial charge is 0.369 e. The zero-order chi connectivity index (χ0) is 11.1. The SMILES string of the molecule is c1ccc(NCCN2CCCCCC2)nc1. The molecule has 2 rings (SSSR count). The van der Waals surface area contributed by atoms with Crippen molar-refractivity contribution in [3.8, 4) is 0 Å². The minimum absolute atomic E-state index is 0.984. The lowest BCUT2D eigenvalue weighted by Gasteiger charge is -2.19. The van der Waals surface area contributed by atoms with E-state index in [1.165, 1.54) is 38.8 Å². The molecule has 0 radical (unpaired) electrons. The molecule has 0 atom stereocenters. The van der Waals surface area contributed by atoms with Gasteiger partial charge < -0.3 is 10.2 Å². The molecule has 16 heavy (non-hydrogen) atoms. The van der Waals surface area contributed by atoms with Crippen molar-refractivity contribution in [2.45, 2.75) is 25.7 Å². The average Bonchev–Trinajstić information content (AvgIpc) is 2.59. The molecule has 1 aromatic rings. The van der Waals surface area contributed by atoms with E-state index < -0.39 is 0 Å². The fourth-order valence-electron chi connectivity index (χ4n) is 2.17. The number of aromatic nitrogens is 1. The Morgan fingerprint density at radius 2 is 1.94 bits per heavy atom. The summed E-state index contributed by atoms with van der Waals surface area (Å²) >= 11 is 0. The van der Waals surface area contributed by atoms with Crippen LogP contribution in [-0.4, -0.2) is 36.1 Å². The summed E-state index contributed by atoms with van der Waals surface area (Å²) in [6.45, 7) is 4.67. The highest BCUT2D eigenvalue weighted by Gasteiger charge is 2.07. The van der Waals surface area contributed by atoms with E-state index in [2.05, 4.69) is 15.2 Å². The molecule has 0 amide bonds. The fourth-order valence-corrected chi connectivity index (χ4v) is 2.17. The van der Waals surface area contributed by atoms with E-state index in [1.807, 2.05) is 24.4 Å². The first kappa shape index (κ1) is 11.4. The molecule has 0 aliphatic carbocycles. The van der Waals surface area contributed by atoms with E-state index in [0.717, 1.165) is 18.9 Å². The van der Waals surface area contributed by atoms with Gasteiger partial charge in [0.05, 0.1) is 0 Å². The summed E-state index contributed by atoms with van der Waals surface area (Å²) in [4.78, 5) is 6.81. The first-order valence-electron chi connectivity index (χ1n) is 6.32. The Hall–Kier alpha value is -1.09. The quantitative estimate of drug-likeness (QED) is 0.842. The highest BCUT2D eigenvalue weighted by molar-refractivity contribution is 5.32. The van der Waals surface area contributed by atoms with Gasteiger partial charge in [0.15, 0.2) is 0 Å². The van der Waals surface area contributed by atoms with E-state index in [4.69, 9.17) is 0 Å². The molecule has 1 fully saturated rings. The van der Waals surface area contributed by atoms with Gasteiger partial charge in [-0.15, -0.1) is 0 Å². The lowest BCUT2D eigenvalue weighted by molar-refractivity contribution is 0.296. The third-order valence-electron chi connectivity index (χ3n) is 3.10. The monoisotopic (exact) mass is 219 g/mol. The molecule has 88 valence electrons. The maximum Gasteiger partial charge on any atom is 0.125 e. The van der Waals surface area contributed by atoms with Crippen LogP contribution in [0.1, 0.15) is 25.7 Å². The molecular weight excluding hydrogens is 198 g/mol. The van der Waals surface area contributed by atoms with Gasteiger partial charge in [0.1, 0.15) is 5.82 Å². The van der Waals surface area contributed by atoms with Crippen molar-refractivity contribution >= 4 is 5.82 Å². The first-order valence-corrected chi connectivity index (χ1v) is 6.32. The predicted molar refractivity (Wildman–Crippen MR) is 67.6 cm³/mol. The maximum atomic E-state index is 4.25. The second-order valence-corrected chi connectivity index (χ2v) is 4.40. The summed E-state index contributed by atoms with van der Waals surface area (Å²) < 4.78 is 0. The molecule has 0 saturated carbocycles. The van der Waals surface area contributed by atoms with Crippen molar-refractivity contribution in [1.29, 1.82) is 0 Å². The minimum atomic E-state index is 0.984. The Labute approximate surface area is 97.9 Å². The molecular formula is C13H21N3. The number of rotatable bonds is 4. The number of anilines is 1. The topological polar surface area (TPSA) is 28.2 Å². The van der Waals surface area contributed by atoms with E-state index in [1.54, 1.807) is 0 Å². The first-order chi connectivity index (χ1) is 7.95. The fraction of sp³-hybridized carbons (Fsp3) is 0.615. The van der Waals surface area contributed by atoms with Crippen LogP contribution in [0.3, 0.4) is 0 Å². The van der Waals surface area contributed by atoms with Gasteiger partial charge >= 0.3 is 0 Å². The molecule has 2 heterocycles. The van der Waals surface area contributed by atoms with E-state index in [9.17, 15) is 0 Å². The molecule has 1 aromatic heterocycles.